The van der Waals surface area contributed by atoms with E-state index in [0.29, 0.717) is 57.9 Å². The van der Waals surface area contributed by atoms with Gasteiger partial charge in [-0.05, 0) is 146 Å². The molecule has 8 bridgehead atoms. The van der Waals surface area contributed by atoms with Crippen LogP contribution in [0, 0.1) is 23.7 Å². The van der Waals surface area contributed by atoms with Crippen LogP contribution in [0.5, 0.6) is 0 Å². The van der Waals surface area contributed by atoms with Gasteiger partial charge < -0.3 is 56.6 Å². The fraction of sp³-hybridized carbons (Fsp3) is 0.628. The monoisotopic (exact) mass is 1480 g/mol. The first-order valence-corrected chi connectivity index (χ1v) is 45.9. The van der Waals surface area contributed by atoms with Gasteiger partial charge in [0.15, 0.2) is 8.32 Å². The number of carbonyl (C=O) groups excluding carboxylic acids is 2. The van der Waals surface area contributed by atoms with Crippen molar-refractivity contribution in [1.29, 1.82) is 0 Å². The van der Waals surface area contributed by atoms with Gasteiger partial charge in [0.25, 0.3) is 16.6 Å². The highest BCUT2D eigenvalue weighted by Gasteiger charge is 2.63. The van der Waals surface area contributed by atoms with Gasteiger partial charge in [0, 0.05) is 63.4 Å². The molecule has 15 nitrogen and oxygen atoms in total. The van der Waals surface area contributed by atoms with E-state index in [2.05, 4.69) is 129 Å². The van der Waals surface area contributed by atoms with E-state index in [1.54, 1.807) is 12.0 Å². The van der Waals surface area contributed by atoms with Crippen molar-refractivity contribution in [3.63, 3.8) is 0 Å². The van der Waals surface area contributed by atoms with Gasteiger partial charge in [-0.15, -0.1) is 0 Å². The highest BCUT2D eigenvalue weighted by Crippen LogP contribution is 2.56. The van der Waals surface area contributed by atoms with Crippen LogP contribution in [0.3, 0.4) is 0 Å². The molecule has 7 fully saturated rings. The number of methoxy groups -OCH3 is 1. The Morgan fingerprint density at radius 2 is 1.14 bits per heavy atom. The summed E-state index contributed by atoms with van der Waals surface area (Å²) in [5.74, 6) is -0.681. The second-order valence-corrected chi connectivity index (χ2v) is 47.4. The van der Waals surface area contributed by atoms with Gasteiger partial charge in [0.2, 0.25) is 0 Å². The summed E-state index contributed by atoms with van der Waals surface area (Å²) >= 11 is 0. The van der Waals surface area contributed by atoms with Gasteiger partial charge >= 0.3 is 6.09 Å². The first-order chi connectivity index (χ1) is 49.4. The van der Waals surface area contributed by atoms with Gasteiger partial charge in [-0.3, -0.25) is 9.69 Å². The van der Waals surface area contributed by atoms with E-state index in [0.717, 1.165) is 69.3 Å². The summed E-state index contributed by atoms with van der Waals surface area (Å²) in [6.07, 6.45) is 5.63. The van der Waals surface area contributed by atoms with Crippen LogP contribution in [0.1, 0.15) is 173 Å². The maximum Gasteiger partial charge on any atom is 0.412 e. The minimum Gasteiger partial charge on any atom is -0.444 e. The summed E-state index contributed by atoms with van der Waals surface area (Å²) in [4.78, 5) is 59.2. The highest BCUT2D eigenvalue weighted by molar-refractivity contribution is 6.99. The fourth-order valence-electron chi connectivity index (χ4n) is 19.8. The zero-order valence-electron chi connectivity index (χ0n) is 64.8. The quantitative estimate of drug-likeness (QED) is 0.0712. The average Bonchev–Trinajstić information content (AvgIpc) is 1.48. The maximum atomic E-state index is 15.6. The summed E-state index contributed by atoms with van der Waals surface area (Å²) in [6.45, 7) is 37.2. The second-order valence-electron chi connectivity index (χ2n) is 34.8. The van der Waals surface area contributed by atoms with Crippen LogP contribution in [0.2, 0.25) is 28.2 Å². The summed E-state index contributed by atoms with van der Waals surface area (Å²) in [5, 5.41) is 2.32. The smallest absolute Gasteiger partial charge is 0.412 e. The Hall–Kier alpha value is -4.75. The molecule has 4 aromatic carbocycles. The number of ketones is 1. The third kappa shape index (κ3) is 16.4. The fourth-order valence-corrected chi connectivity index (χ4v) is 30.2. The number of carbonyl (C=O) groups is 2. The van der Waals surface area contributed by atoms with Gasteiger partial charge in [0.05, 0.1) is 98.1 Å². The van der Waals surface area contributed by atoms with Crippen molar-refractivity contribution in [2.24, 2.45) is 23.7 Å². The van der Waals surface area contributed by atoms with Crippen molar-refractivity contribution in [2.45, 2.75) is 305 Å². The lowest BCUT2D eigenvalue weighted by molar-refractivity contribution is -0.242. The first-order valence-electron chi connectivity index (χ1n) is 39.5. The largest absolute Gasteiger partial charge is 0.444 e. The van der Waals surface area contributed by atoms with Gasteiger partial charge in [-0.2, -0.15) is 0 Å². The summed E-state index contributed by atoms with van der Waals surface area (Å²) in [6, 6.07) is 44.1. The second kappa shape index (κ2) is 32.1. The van der Waals surface area contributed by atoms with E-state index in [9.17, 15) is 14.4 Å². The predicted molar refractivity (Wildman–Crippen MR) is 417 cm³/mol. The molecule has 19 atom stereocenters. The predicted octanol–water partition coefficient (Wildman–Crippen LogP) is 14.2. The van der Waals surface area contributed by atoms with Gasteiger partial charge in [-0.25, -0.2) is 4.79 Å². The topological polar surface area (TPSA) is 170 Å². The summed E-state index contributed by atoms with van der Waals surface area (Å²) in [7, 11) is -7.90. The zero-order chi connectivity index (χ0) is 74.3. The average molecular weight is 1480 g/mol. The lowest BCUT2D eigenvalue weighted by atomic mass is 9.74. The van der Waals surface area contributed by atoms with Crippen molar-refractivity contribution in [3.05, 3.63) is 158 Å². The number of benzene rings is 4. The molecule has 0 saturated carbocycles. The van der Waals surface area contributed by atoms with E-state index in [1.165, 1.54) is 0 Å². The van der Waals surface area contributed by atoms with Crippen molar-refractivity contribution in [2.75, 3.05) is 13.7 Å². The molecule has 0 radical (unpaired) electrons. The molecular formula is C86H123NO14Si3. The van der Waals surface area contributed by atoms with Gasteiger partial charge in [-0.1, -0.05) is 202 Å². The van der Waals surface area contributed by atoms with Crippen molar-refractivity contribution in [3.8, 4) is 0 Å². The van der Waals surface area contributed by atoms with Crippen molar-refractivity contribution in [1.82, 2.24) is 4.90 Å². The lowest BCUT2D eigenvalue weighted by Gasteiger charge is -2.52. The number of hydrogen-bond acceptors (Lipinski definition) is 14. The summed E-state index contributed by atoms with van der Waals surface area (Å²) in [5.41, 5.74) is 0.458. The Kier molecular flexibility index (Phi) is 24.3. The standard InChI is InChI=1S/C86H123NO14Si3/c1-17-102(18-2,19-3)101-63-41-40-60-47-57(5)72(93-60)44-42-61-46-56(4)58(6)74(94-61)52-76-69(78(92-16)77(96-76)51-64-55-87(86(14,15)99-64)82(89)100-83(7,8)9)49-59(88)48-62-43-45-73-79(95-62)71(54-85(12,13)104(91,67-36-28-22-29-37-67)68-38-30-23-31-39-68)81-80(97-73)70(75(50-63)98-81)53-84(10,11)103(90,65-32-24-20-25-33-65)66-34-26-21-27-35-66/h20-41,56,60-64,69-81,90-91H,5-6,17-19,42-55H2,1-4,7-16H3/b41-40+/t56-,60?,61+,62?,63?,64+,69+,70?,71+,72+,73+,74?,75-,76+,77-,78-,79-,80+,81+/m1/s1. The normalized spacial score (nSPS) is 33.5. The van der Waals surface area contributed by atoms with E-state index in [-0.39, 0.29) is 78.9 Å². The maximum absolute atomic E-state index is 15.6. The molecule has 568 valence electrons. The summed E-state index contributed by atoms with van der Waals surface area (Å²) < 4.78 is 71.9. The van der Waals surface area contributed by atoms with Crippen molar-refractivity contribution < 1.29 is 66.2 Å². The molecule has 8 aliphatic heterocycles. The number of hydrogen-bond donors (Lipinski definition) is 2. The van der Waals surface area contributed by atoms with E-state index >= 15 is 4.79 Å². The van der Waals surface area contributed by atoms with Crippen LogP contribution >= 0.6 is 0 Å². The lowest BCUT2D eigenvalue weighted by Crippen LogP contribution is -2.67. The van der Waals surface area contributed by atoms with E-state index in [4.69, 9.17) is 47.1 Å². The molecule has 0 spiro atoms. The number of amides is 1. The molecule has 18 heteroatoms. The van der Waals surface area contributed by atoms with Crippen LogP contribution in [0.4, 0.5) is 4.79 Å². The molecule has 4 aromatic rings. The third-order valence-electron chi connectivity index (χ3n) is 25.7. The number of ether oxygens (including phenoxy) is 9. The highest BCUT2D eigenvalue weighted by atomic mass is 28.4. The molecule has 8 aliphatic rings. The molecule has 7 saturated heterocycles. The Morgan fingerprint density at radius 1 is 0.606 bits per heavy atom. The molecule has 5 unspecified atom stereocenters. The van der Waals surface area contributed by atoms with Crippen LogP contribution in [0.15, 0.2) is 158 Å². The molecule has 1 amide bonds. The number of nitrogens with zero attached hydrogens (tertiary/aromatic N) is 1. The Morgan fingerprint density at radius 3 is 1.69 bits per heavy atom. The van der Waals surface area contributed by atoms with Crippen molar-refractivity contribution >= 4 is 57.6 Å². The van der Waals surface area contributed by atoms with Crippen LogP contribution in [-0.2, 0) is 51.9 Å². The Labute approximate surface area is 624 Å². The molecule has 104 heavy (non-hydrogen) atoms. The molecule has 12 rings (SSSR count). The molecule has 0 aliphatic carbocycles. The SMILES string of the molecule is C=C1C2C[C@@H]3O[C@H](C[C@H]4CN(C(=O)OC(C)(C)C)C(C)(C)O4)[C@H](OC)[C@H]3CC(=O)CC3CC[C@@H]4O[C@H]5C(CC(C)(C)[Si](O)(c6ccccc6)c6ccccc6)[C@@H](CC(O[Si](CC)(CC)CC)/C=C/C6CC(=C)[C@H](CC[C@@H](C[C@H]1C)O2)O6)O[C@H]5[C@@H](CC(C)(C)[Si](O)(c1ccccc1)c1ccccc1)[C@H]4O3. The molecule has 2 N–H and O–H groups in total. The number of fused-ring (bicyclic) bond motifs is 7. The number of Topliss-reactive ketones (excluding diaryl/α,β-unsaturated/α-hetero) is 1. The Balaban J connectivity index is 0.950. The van der Waals surface area contributed by atoms with Crippen LogP contribution in [-0.4, -0.2) is 168 Å². The molecular weight excluding hydrogens is 1360 g/mol. The zero-order valence-corrected chi connectivity index (χ0v) is 67.8. The molecule has 0 aromatic heterocycles. The number of rotatable bonds is 18. The van der Waals surface area contributed by atoms with E-state index < -0.39 is 107 Å². The van der Waals surface area contributed by atoms with Crippen LogP contribution < -0.4 is 20.7 Å². The Bertz CT molecular complexity index is 3500. The van der Waals surface area contributed by atoms with E-state index in [1.807, 2.05) is 107 Å². The van der Waals surface area contributed by atoms with Crippen LogP contribution in [0.25, 0.3) is 0 Å². The third-order valence-corrected chi connectivity index (χ3v) is 39.3. The first kappa shape index (κ1) is 78.8. The molecule has 8 heterocycles. The van der Waals surface area contributed by atoms with Gasteiger partial charge in [0.1, 0.15) is 17.1 Å². The minimum absolute atomic E-state index is 0.0543. The minimum atomic E-state index is -3.68.